The Kier molecular flexibility index (Phi) is 22.8. The molecule has 0 fully saturated rings. The van der Waals surface area contributed by atoms with Gasteiger partial charge in [-0.15, -0.1) is 0 Å². The van der Waals surface area contributed by atoms with Gasteiger partial charge in [-0.3, -0.25) is 4.79 Å². The number of rotatable bonds is 14. The molecule has 0 aromatic rings. The van der Waals surface area contributed by atoms with Gasteiger partial charge in [-0.25, -0.2) is 0 Å². The van der Waals surface area contributed by atoms with E-state index in [-0.39, 0.29) is 33.7 Å². The number of hydrogen-bond donors (Lipinski definition) is 1. The van der Waals surface area contributed by atoms with E-state index in [1.165, 1.54) is 25.7 Å². The van der Waals surface area contributed by atoms with Crippen LogP contribution in [0.4, 0.5) is 0 Å². The summed E-state index contributed by atoms with van der Waals surface area (Å²) in [5, 5.41) is 8.49. The van der Waals surface area contributed by atoms with Gasteiger partial charge in [-0.2, -0.15) is 0 Å². The SMILES string of the molecule is CCCCCC=CCC=CCC=CCC=CCCCC(=O)O.[PbH2]. The zero-order chi connectivity index (χ0) is 16.3. The first-order valence-electron chi connectivity index (χ1n) is 8.59. The van der Waals surface area contributed by atoms with E-state index in [1.54, 1.807) is 0 Å². The van der Waals surface area contributed by atoms with Crippen LogP contribution in [0.15, 0.2) is 48.6 Å². The molecule has 0 spiro atoms. The molecular formula is C20H34O2Pb. The fraction of sp³-hybridized carbons (Fsp3) is 0.550. The number of carboxylic acids is 1. The summed E-state index contributed by atoms with van der Waals surface area (Å²) < 4.78 is 0. The molecule has 0 heterocycles. The number of unbranched alkanes of at least 4 members (excludes halogenated alkanes) is 4. The van der Waals surface area contributed by atoms with E-state index in [0.717, 1.165) is 32.1 Å². The third-order valence-corrected chi connectivity index (χ3v) is 3.22. The molecule has 0 aliphatic carbocycles. The third-order valence-electron chi connectivity index (χ3n) is 3.22. The first kappa shape index (κ1) is 24.6. The van der Waals surface area contributed by atoms with Gasteiger partial charge >= 0.3 is 33.3 Å². The molecule has 3 heteroatoms. The molecule has 2 nitrogen and oxygen atoms in total. The molecule has 130 valence electrons. The van der Waals surface area contributed by atoms with Crippen LogP contribution in [0.3, 0.4) is 0 Å². The van der Waals surface area contributed by atoms with Gasteiger partial charge < -0.3 is 5.11 Å². The zero-order valence-electron chi connectivity index (χ0n) is 14.8. The average molecular weight is 514 g/mol. The van der Waals surface area contributed by atoms with Gasteiger partial charge in [0.05, 0.1) is 0 Å². The van der Waals surface area contributed by atoms with Crippen LogP contribution >= 0.6 is 0 Å². The maximum atomic E-state index is 10.3. The molecule has 0 aromatic heterocycles. The quantitative estimate of drug-likeness (QED) is 0.194. The molecule has 0 aromatic carbocycles. The number of allylic oxidation sites excluding steroid dienone is 8. The fourth-order valence-electron chi connectivity index (χ4n) is 1.93. The summed E-state index contributed by atoms with van der Waals surface area (Å²) in [7, 11) is 0. The summed E-state index contributed by atoms with van der Waals surface area (Å²) in [4.78, 5) is 10.3. The molecule has 1 N–H and O–H groups in total. The van der Waals surface area contributed by atoms with Crippen LogP contribution in [0.5, 0.6) is 0 Å². The average Bonchev–Trinajstić information content (AvgIpc) is 2.50. The van der Waals surface area contributed by atoms with Crippen molar-refractivity contribution in [3.8, 4) is 0 Å². The van der Waals surface area contributed by atoms with Crippen LogP contribution in [0.1, 0.15) is 71.1 Å². The van der Waals surface area contributed by atoms with Gasteiger partial charge in [0.15, 0.2) is 0 Å². The predicted octanol–water partition coefficient (Wildman–Crippen LogP) is 5.30. The van der Waals surface area contributed by atoms with Gasteiger partial charge in [0.25, 0.3) is 0 Å². The van der Waals surface area contributed by atoms with Crippen LogP contribution in [0, 0.1) is 0 Å². The molecule has 0 rings (SSSR count). The Labute approximate surface area is 162 Å². The Balaban J connectivity index is 0. The monoisotopic (exact) mass is 514 g/mol. The number of carboxylic acid groups (broad SMARTS) is 1. The van der Waals surface area contributed by atoms with Crippen molar-refractivity contribution < 1.29 is 9.90 Å². The number of hydrogen-bond acceptors (Lipinski definition) is 1. The Morgan fingerprint density at radius 2 is 1.17 bits per heavy atom. The van der Waals surface area contributed by atoms with Crippen LogP contribution < -0.4 is 0 Å². The second kappa shape index (κ2) is 21.4. The normalized spacial score (nSPS) is 11.9. The number of carbonyl (C=O) groups is 1. The van der Waals surface area contributed by atoms with Crippen molar-refractivity contribution in [3.63, 3.8) is 0 Å². The van der Waals surface area contributed by atoms with Crippen molar-refractivity contribution in [2.24, 2.45) is 0 Å². The standard InChI is InChI=1S/C20H32O2.Pb.2H/c1-2-3-4-5-6-7-8-9-10-11-12-13-14-15-16-17-18-19-20(21)22;;;/h6-7,9-10,12-13,15-16H,2-5,8,11,14,17-19H2,1H3,(H,21,22);;;. The molecule has 23 heavy (non-hydrogen) atoms. The summed E-state index contributed by atoms with van der Waals surface area (Å²) in [5.74, 6) is -0.712. The molecule has 0 saturated heterocycles. The van der Waals surface area contributed by atoms with E-state index in [0.29, 0.717) is 0 Å². The molecule has 0 amide bonds. The van der Waals surface area contributed by atoms with Crippen molar-refractivity contribution in [1.82, 2.24) is 0 Å². The van der Waals surface area contributed by atoms with Crippen LogP contribution in [0.2, 0.25) is 0 Å². The summed E-state index contributed by atoms with van der Waals surface area (Å²) in [6.45, 7) is 2.23. The summed E-state index contributed by atoms with van der Waals surface area (Å²) >= 11 is 0. The third kappa shape index (κ3) is 23.7. The molecule has 2 radical (unpaired) electrons. The Morgan fingerprint density at radius 3 is 1.61 bits per heavy atom. The van der Waals surface area contributed by atoms with E-state index < -0.39 is 5.97 Å². The fourth-order valence-corrected chi connectivity index (χ4v) is 1.93. The van der Waals surface area contributed by atoms with Crippen molar-refractivity contribution in [2.75, 3.05) is 0 Å². The minimum atomic E-state index is -0.712. The van der Waals surface area contributed by atoms with Gasteiger partial charge in [0.1, 0.15) is 0 Å². The van der Waals surface area contributed by atoms with Crippen LogP contribution in [0.25, 0.3) is 0 Å². The predicted molar refractivity (Wildman–Crippen MR) is 105 cm³/mol. The summed E-state index contributed by atoms with van der Waals surface area (Å²) in [5.41, 5.74) is 0. The summed E-state index contributed by atoms with van der Waals surface area (Å²) in [6, 6.07) is 0. The molecule has 0 aliphatic rings. The van der Waals surface area contributed by atoms with E-state index in [2.05, 4.69) is 55.5 Å². The first-order valence-corrected chi connectivity index (χ1v) is 8.59. The van der Waals surface area contributed by atoms with Crippen LogP contribution in [-0.4, -0.2) is 38.4 Å². The Hall–Kier alpha value is -0.648. The van der Waals surface area contributed by atoms with Crippen molar-refractivity contribution in [2.45, 2.75) is 71.1 Å². The van der Waals surface area contributed by atoms with E-state index in [4.69, 9.17) is 5.11 Å². The molecule has 0 saturated carbocycles. The van der Waals surface area contributed by atoms with Crippen molar-refractivity contribution in [1.29, 1.82) is 0 Å². The number of aliphatic carboxylic acids is 1. The first-order chi connectivity index (χ1) is 10.8. The van der Waals surface area contributed by atoms with Gasteiger partial charge in [-0.1, -0.05) is 68.4 Å². The minimum absolute atomic E-state index is 0. The van der Waals surface area contributed by atoms with Gasteiger partial charge in [0.2, 0.25) is 0 Å². The Bertz CT molecular complexity index is 368. The van der Waals surface area contributed by atoms with E-state index >= 15 is 0 Å². The van der Waals surface area contributed by atoms with E-state index in [1.807, 2.05) is 0 Å². The van der Waals surface area contributed by atoms with Crippen molar-refractivity contribution >= 4 is 33.3 Å². The van der Waals surface area contributed by atoms with E-state index in [9.17, 15) is 4.79 Å². The topological polar surface area (TPSA) is 37.3 Å². The molecule has 0 atom stereocenters. The second-order valence-corrected chi connectivity index (χ2v) is 5.37. The molecule has 0 unspecified atom stereocenters. The van der Waals surface area contributed by atoms with Crippen LogP contribution in [-0.2, 0) is 4.79 Å². The molecule has 0 aliphatic heterocycles. The Morgan fingerprint density at radius 1 is 0.739 bits per heavy atom. The maximum absolute atomic E-state index is 10.3. The van der Waals surface area contributed by atoms with Crippen molar-refractivity contribution in [3.05, 3.63) is 48.6 Å². The van der Waals surface area contributed by atoms with Gasteiger partial charge in [-0.05, 0) is 44.9 Å². The second-order valence-electron chi connectivity index (χ2n) is 5.37. The molecule has 0 bridgehead atoms. The zero-order valence-corrected chi connectivity index (χ0v) is 20.3. The van der Waals surface area contributed by atoms with Gasteiger partial charge in [0, 0.05) is 6.42 Å². The summed E-state index contributed by atoms with van der Waals surface area (Å²) in [6.07, 6.45) is 27.3. The molecular weight excluding hydrogens is 479 g/mol.